The third-order valence-electron chi connectivity index (χ3n) is 6.30. The minimum Gasteiger partial charge on any atom is -0.497 e. The van der Waals surface area contributed by atoms with Gasteiger partial charge in [0.25, 0.3) is 0 Å². The van der Waals surface area contributed by atoms with Crippen molar-refractivity contribution < 1.29 is 9.53 Å². The number of ether oxygens (including phenoxy) is 1. The van der Waals surface area contributed by atoms with E-state index in [1.54, 1.807) is 7.11 Å². The van der Waals surface area contributed by atoms with Crippen molar-refractivity contribution >= 4 is 22.8 Å². The Morgan fingerprint density at radius 3 is 2.90 bits per heavy atom. The van der Waals surface area contributed by atoms with Gasteiger partial charge in [-0.25, -0.2) is 9.97 Å². The van der Waals surface area contributed by atoms with Crippen LogP contribution in [0.1, 0.15) is 18.7 Å². The van der Waals surface area contributed by atoms with Crippen molar-refractivity contribution in [1.82, 2.24) is 24.8 Å². The van der Waals surface area contributed by atoms with Crippen molar-refractivity contribution in [1.29, 1.82) is 0 Å². The number of fused-ring (bicyclic) bond motifs is 5. The zero-order valence-electron chi connectivity index (χ0n) is 18.2. The van der Waals surface area contributed by atoms with E-state index in [1.807, 2.05) is 49.2 Å². The van der Waals surface area contributed by atoms with Crippen LogP contribution in [0.25, 0.3) is 22.3 Å². The Kier molecular flexibility index (Phi) is 5.02. The molecule has 2 aliphatic rings. The molecule has 162 valence electrons. The van der Waals surface area contributed by atoms with Crippen LogP contribution in [0.5, 0.6) is 5.75 Å². The molecule has 2 atom stereocenters. The fraction of sp³-hybridized carbons (Fsp3) is 0.435. The lowest BCUT2D eigenvalue weighted by Crippen LogP contribution is -2.42. The van der Waals surface area contributed by atoms with E-state index in [-0.39, 0.29) is 18.0 Å². The number of carbonyl (C=O) groups excluding carboxylic acids is 1. The van der Waals surface area contributed by atoms with Crippen LogP contribution in [0.15, 0.2) is 30.3 Å². The molecular weight excluding hydrogens is 392 g/mol. The molecule has 2 aromatic heterocycles. The molecule has 0 aliphatic carbocycles. The van der Waals surface area contributed by atoms with E-state index in [0.29, 0.717) is 6.54 Å². The van der Waals surface area contributed by atoms with Crippen molar-refractivity contribution in [3.05, 3.63) is 36.2 Å². The number of aromatic nitrogens is 3. The summed E-state index contributed by atoms with van der Waals surface area (Å²) in [5.41, 5.74) is 3.82. The van der Waals surface area contributed by atoms with Gasteiger partial charge in [-0.05, 0) is 38.0 Å². The lowest BCUT2D eigenvalue weighted by Gasteiger charge is -2.21. The Labute approximate surface area is 181 Å². The molecule has 4 bridgehead atoms. The van der Waals surface area contributed by atoms with E-state index in [9.17, 15) is 4.79 Å². The molecule has 31 heavy (non-hydrogen) atoms. The summed E-state index contributed by atoms with van der Waals surface area (Å²) < 4.78 is 7.79. The maximum atomic E-state index is 12.9. The highest BCUT2D eigenvalue weighted by Crippen LogP contribution is 2.34. The number of methoxy groups -OCH3 is 1. The standard InChI is InChI=1S/C23H28N6O2/c1-14-25-19-12-16(31-3)11-17-18-6-4-7-21(27-18)26-15-10-20(24-13-15)23(30)28(2)8-5-9-29(14)22(17)19/h4,6-7,11-12,15,20,24H,5,8-10,13H2,1-3H3,(H,26,27)/t15-,20-/m0/s1. The minimum absolute atomic E-state index is 0.151. The van der Waals surface area contributed by atoms with Gasteiger partial charge in [-0.3, -0.25) is 4.79 Å². The maximum Gasteiger partial charge on any atom is 0.239 e. The van der Waals surface area contributed by atoms with E-state index < -0.39 is 0 Å². The zero-order valence-corrected chi connectivity index (χ0v) is 18.2. The van der Waals surface area contributed by atoms with Crippen LogP contribution in [0.4, 0.5) is 5.82 Å². The molecule has 8 nitrogen and oxygen atoms in total. The van der Waals surface area contributed by atoms with Crippen LogP contribution in [-0.4, -0.2) is 64.7 Å². The Balaban J connectivity index is 1.65. The van der Waals surface area contributed by atoms with E-state index >= 15 is 0 Å². The van der Waals surface area contributed by atoms with Gasteiger partial charge in [-0.15, -0.1) is 0 Å². The van der Waals surface area contributed by atoms with Gasteiger partial charge in [0.05, 0.1) is 29.9 Å². The van der Waals surface area contributed by atoms with Gasteiger partial charge >= 0.3 is 0 Å². The fourth-order valence-electron chi connectivity index (χ4n) is 4.70. The van der Waals surface area contributed by atoms with Crippen molar-refractivity contribution in [3.63, 3.8) is 0 Å². The molecular formula is C23H28N6O2. The number of benzene rings is 1. The molecule has 1 aromatic carbocycles. The summed E-state index contributed by atoms with van der Waals surface area (Å²) in [4.78, 5) is 24.4. The van der Waals surface area contributed by atoms with Crippen LogP contribution in [0.2, 0.25) is 0 Å². The van der Waals surface area contributed by atoms with Gasteiger partial charge in [0.1, 0.15) is 17.4 Å². The third kappa shape index (κ3) is 3.61. The number of imidazole rings is 1. The average Bonchev–Trinajstić information content (AvgIpc) is 3.36. The van der Waals surface area contributed by atoms with Crippen LogP contribution in [-0.2, 0) is 11.3 Å². The van der Waals surface area contributed by atoms with Crippen LogP contribution in [0, 0.1) is 6.92 Å². The van der Waals surface area contributed by atoms with E-state index in [2.05, 4.69) is 15.2 Å². The normalized spacial score (nSPS) is 21.5. The second-order valence-electron chi connectivity index (χ2n) is 8.41. The topological polar surface area (TPSA) is 84.3 Å². The van der Waals surface area contributed by atoms with Gasteiger partial charge in [0.15, 0.2) is 0 Å². The van der Waals surface area contributed by atoms with Crippen molar-refractivity contribution in [2.24, 2.45) is 0 Å². The molecule has 4 heterocycles. The SMILES string of the molecule is COc1cc2c3c(c1)nc(C)n3CCCN(C)C(=O)[C@@H]1C[C@@H](CN1)Nc1cccc-2n1. The van der Waals surface area contributed by atoms with Gasteiger partial charge in [0, 0.05) is 44.4 Å². The van der Waals surface area contributed by atoms with E-state index in [4.69, 9.17) is 14.7 Å². The number of nitrogens with zero attached hydrogens (tertiary/aromatic N) is 4. The molecule has 0 spiro atoms. The Morgan fingerprint density at radius 1 is 1.19 bits per heavy atom. The number of aryl methyl sites for hydroxylation is 2. The first-order valence-electron chi connectivity index (χ1n) is 10.8. The van der Waals surface area contributed by atoms with Crippen LogP contribution in [0.3, 0.4) is 0 Å². The highest BCUT2D eigenvalue weighted by atomic mass is 16.5. The smallest absolute Gasteiger partial charge is 0.239 e. The third-order valence-corrected chi connectivity index (χ3v) is 6.30. The number of carbonyl (C=O) groups is 1. The Morgan fingerprint density at radius 2 is 2.06 bits per heavy atom. The van der Waals surface area contributed by atoms with Crippen molar-refractivity contribution in [2.75, 3.05) is 32.6 Å². The molecule has 0 saturated carbocycles. The van der Waals surface area contributed by atoms with Gasteiger partial charge in [0.2, 0.25) is 5.91 Å². The van der Waals surface area contributed by atoms with Crippen LogP contribution >= 0.6 is 0 Å². The first-order valence-corrected chi connectivity index (χ1v) is 10.8. The molecule has 1 fully saturated rings. The molecule has 5 rings (SSSR count). The number of hydrogen-bond acceptors (Lipinski definition) is 6. The molecule has 1 saturated heterocycles. The highest BCUT2D eigenvalue weighted by Gasteiger charge is 2.31. The predicted molar refractivity (Wildman–Crippen MR) is 120 cm³/mol. The number of likely N-dealkylation sites (N-methyl/N-ethyl adjacent to an activating group) is 1. The maximum absolute atomic E-state index is 12.9. The monoisotopic (exact) mass is 420 g/mol. The number of nitrogens with one attached hydrogen (secondary N) is 2. The molecule has 1 amide bonds. The summed E-state index contributed by atoms with van der Waals surface area (Å²) in [7, 11) is 3.56. The Bertz CT molecular complexity index is 1140. The number of rotatable bonds is 1. The van der Waals surface area contributed by atoms with E-state index in [1.165, 1.54) is 0 Å². The number of pyridine rings is 1. The van der Waals surface area contributed by atoms with Crippen molar-refractivity contribution in [3.8, 4) is 17.0 Å². The second-order valence-corrected chi connectivity index (χ2v) is 8.41. The molecule has 8 heteroatoms. The first kappa shape index (κ1) is 19.8. The molecule has 0 radical (unpaired) electrons. The predicted octanol–water partition coefficient (Wildman–Crippen LogP) is 2.42. The zero-order chi connectivity index (χ0) is 21.5. The summed E-state index contributed by atoms with van der Waals surface area (Å²) in [6.45, 7) is 4.24. The van der Waals surface area contributed by atoms with Crippen LogP contribution < -0.4 is 15.4 Å². The largest absolute Gasteiger partial charge is 0.497 e. The van der Waals surface area contributed by atoms with Gasteiger partial charge < -0.3 is 24.8 Å². The summed E-state index contributed by atoms with van der Waals surface area (Å²) in [5.74, 6) is 2.66. The highest BCUT2D eigenvalue weighted by molar-refractivity contribution is 5.93. The molecule has 3 aromatic rings. The first-order chi connectivity index (χ1) is 15.0. The lowest BCUT2D eigenvalue weighted by molar-refractivity contribution is -0.131. The fourth-order valence-corrected chi connectivity index (χ4v) is 4.70. The Hall–Kier alpha value is -3.13. The molecule has 0 unspecified atom stereocenters. The minimum atomic E-state index is -0.154. The number of anilines is 1. The summed E-state index contributed by atoms with van der Waals surface area (Å²) in [6, 6.07) is 10.0. The van der Waals surface area contributed by atoms with Gasteiger partial charge in [-0.2, -0.15) is 0 Å². The van der Waals surface area contributed by atoms with E-state index in [0.717, 1.165) is 65.6 Å². The van der Waals surface area contributed by atoms with Gasteiger partial charge in [-0.1, -0.05) is 6.07 Å². The summed E-state index contributed by atoms with van der Waals surface area (Å²) >= 11 is 0. The molecule has 2 aliphatic heterocycles. The summed E-state index contributed by atoms with van der Waals surface area (Å²) in [5, 5.41) is 6.87. The number of hydrogen-bond donors (Lipinski definition) is 2. The lowest BCUT2D eigenvalue weighted by atomic mass is 10.1. The number of amides is 1. The molecule has 2 N–H and O–H groups in total. The van der Waals surface area contributed by atoms with Crippen molar-refractivity contribution in [2.45, 2.75) is 38.4 Å². The second kappa shape index (κ2) is 7.85. The average molecular weight is 421 g/mol. The quantitative estimate of drug-likeness (QED) is 0.629. The summed E-state index contributed by atoms with van der Waals surface area (Å²) in [6.07, 6.45) is 1.60.